The maximum absolute atomic E-state index is 13.2. The molecule has 5 atom stereocenters. The molecule has 2 amide bonds. The summed E-state index contributed by atoms with van der Waals surface area (Å²) in [6.07, 6.45) is 2.02. The zero-order valence-corrected chi connectivity index (χ0v) is 25.6. The molecular formula is C27H44N5O10P. The molecule has 0 bridgehead atoms. The fourth-order valence-corrected chi connectivity index (χ4v) is 5.00. The summed E-state index contributed by atoms with van der Waals surface area (Å²) < 4.78 is 22.6. The summed E-state index contributed by atoms with van der Waals surface area (Å²) >= 11 is 0. The molecule has 0 fully saturated rings. The number of carboxylic acids is 1. The van der Waals surface area contributed by atoms with Crippen LogP contribution in [-0.2, 0) is 39.5 Å². The third-order valence-corrected chi connectivity index (χ3v) is 7.68. The minimum atomic E-state index is -4.33. The fourth-order valence-electron chi connectivity index (χ4n) is 3.85. The molecule has 0 aliphatic rings. The molecule has 0 heterocycles. The minimum Gasteiger partial charge on any atom is -0.485 e. The van der Waals surface area contributed by atoms with Crippen molar-refractivity contribution in [2.45, 2.75) is 71.0 Å². The summed E-state index contributed by atoms with van der Waals surface area (Å²) in [5.74, 6) is -4.53. The van der Waals surface area contributed by atoms with Crippen LogP contribution in [0.3, 0.4) is 0 Å². The molecule has 43 heavy (non-hydrogen) atoms. The van der Waals surface area contributed by atoms with E-state index in [0.29, 0.717) is 37.8 Å². The Labute approximate surface area is 251 Å². The van der Waals surface area contributed by atoms with E-state index in [-0.39, 0.29) is 18.8 Å². The van der Waals surface area contributed by atoms with Crippen molar-refractivity contribution in [1.29, 1.82) is 0 Å². The monoisotopic (exact) mass is 629 g/mol. The molecule has 9 N–H and O–H groups in total. The number of nitrogens with one attached hydrogen (secondary N) is 3. The van der Waals surface area contributed by atoms with Crippen LogP contribution in [0.4, 0.5) is 0 Å². The van der Waals surface area contributed by atoms with E-state index in [1.165, 1.54) is 19.1 Å². The highest BCUT2D eigenvalue weighted by Gasteiger charge is 2.34. The Morgan fingerprint density at radius 2 is 1.70 bits per heavy atom. The fraction of sp³-hybridized carbons (Fsp3) is 0.593. The molecule has 0 radical (unpaired) electrons. The van der Waals surface area contributed by atoms with Gasteiger partial charge in [-0.2, -0.15) is 0 Å². The van der Waals surface area contributed by atoms with Gasteiger partial charge in [0.1, 0.15) is 18.3 Å². The van der Waals surface area contributed by atoms with E-state index in [2.05, 4.69) is 15.7 Å². The average Bonchev–Trinajstić information content (AvgIpc) is 2.96. The smallest absolute Gasteiger partial charge is 0.403 e. The predicted octanol–water partition coefficient (Wildman–Crippen LogP) is 0.0292. The first kappa shape index (κ1) is 37.8. The topological polar surface area (TPSA) is 249 Å². The second-order valence-electron chi connectivity index (χ2n) is 9.92. The van der Waals surface area contributed by atoms with Gasteiger partial charge in [0.15, 0.2) is 6.61 Å². The summed E-state index contributed by atoms with van der Waals surface area (Å²) in [5.41, 5.74) is 11.7. The number of carbonyl (C=O) groups excluding carboxylic acids is 4. The number of nitrogens with two attached hydrogens (primary N) is 2. The first-order valence-electron chi connectivity index (χ1n) is 14.0. The van der Waals surface area contributed by atoms with Crippen LogP contribution < -0.4 is 31.9 Å². The third-order valence-electron chi connectivity index (χ3n) is 6.46. The number of unbranched alkanes of at least 4 members (excludes halogenated alkanes) is 1. The van der Waals surface area contributed by atoms with Crippen molar-refractivity contribution in [3.8, 4) is 5.75 Å². The van der Waals surface area contributed by atoms with E-state index in [4.69, 9.17) is 25.8 Å². The van der Waals surface area contributed by atoms with Crippen LogP contribution in [0.2, 0.25) is 0 Å². The molecule has 0 spiro atoms. The van der Waals surface area contributed by atoms with Gasteiger partial charge in [-0.25, -0.2) is 9.65 Å². The van der Waals surface area contributed by atoms with Crippen molar-refractivity contribution < 1.29 is 47.8 Å². The maximum Gasteiger partial charge on any atom is 0.403 e. The number of aliphatic carboxylic acids is 1. The Kier molecular flexibility index (Phi) is 16.8. The number of hydrogen-bond acceptors (Lipinski definition) is 10. The van der Waals surface area contributed by atoms with Crippen molar-refractivity contribution in [2.24, 2.45) is 17.4 Å². The number of amides is 2. The Morgan fingerprint density at radius 3 is 2.26 bits per heavy atom. The largest absolute Gasteiger partial charge is 0.485 e. The number of benzene rings is 1. The van der Waals surface area contributed by atoms with Crippen LogP contribution in [0.5, 0.6) is 5.75 Å². The van der Waals surface area contributed by atoms with Crippen molar-refractivity contribution in [1.82, 2.24) is 15.7 Å². The van der Waals surface area contributed by atoms with Crippen LogP contribution in [-0.4, -0.2) is 83.8 Å². The van der Waals surface area contributed by atoms with Gasteiger partial charge in [0, 0.05) is 6.42 Å². The normalized spacial score (nSPS) is 15.3. The van der Waals surface area contributed by atoms with Crippen molar-refractivity contribution in [2.75, 3.05) is 26.3 Å². The van der Waals surface area contributed by atoms with Crippen LogP contribution >= 0.6 is 7.75 Å². The van der Waals surface area contributed by atoms with Gasteiger partial charge in [-0.05, 0) is 49.9 Å². The Morgan fingerprint density at radius 1 is 1.05 bits per heavy atom. The number of carbonyl (C=O) groups is 5. The van der Waals surface area contributed by atoms with Gasteiger partial charge in [0.25, 0.3) is 0 Å². The second kappa shape index (κ2) is 19.2. The molecule has 0 aromatic heterocycles. The quantitative estimate of drug-likeness (QED) is 0.0509. The van der Waals surface area contributed by atoms with Crippen molar-refractivity contribution in [3.05, 3.63) is 29.8 Å². The summed E-state index contributed by atoms with van der Waals surface area (Å²) in [6, 6.07) is 2.73. The SMILES string of the molecule is CCOP(=O)(O)N[C@H](C(=O)N[C@@H](Cc1ccc(OCC(=O)C(=O)[C@@H](N)CCCCN)cc1)C(=O)NCC(=O)O)[C@@H](C)CC. The molecule has 1 rings (SSSR count). The van der Waals surface area contributed by atoms with E-state index in [9.17, 15) is 33.4 Å². The van der Waals surface area contributed by atoms with Gasteiger partial charge < -0.3 is 36.8 Å². The number of rotatable bonds is 22. The van der Waals surface area contributed by atoms with Crippen LogP contribution in [0.15, 0.2) is 24.3 Å². The highest BCUT2D eigenvalue weighted by atomic mass is 31.2. The molecule has 0 saturated carbocycles. The van der Waals surface area contributed by atoms with Crippen LogP contribution in [0, 0.1) is 5.92 Å². The van der Waals surface area contributed by atoms with Gasteiger partial charge in [0.2, 0.25) is 23.4 Å². The lowest BCUT2D eigenvalue weighted by atomic mass is 9.98. The minimum absolute atomic E-state index is 0.0806. The van der Waals surface area contributed by atoms with Crippen molar-refractivity contribution in [3.63, 3.8) is 0 Å². The molecule has 1 unspecified atom stereocenters. The molecule has 0 aliphatic carbocycles. The van der Waals surface area contributed by atoms with Crippen LogP contribution in [0.1, 0.15) is 52.0 Å². The predicted molar refractivity (Wildman–Crippen MR) is 157 cm³/mol. The molecule has 0 saturated heterocycles. The number of carboxylic acid groups (broad SMARTS) is 1. The first-order valence-corrected chi connectivity index (χ1v) is 15.6. The van der Waals surface area contributed by atoms with E-state index < -0.39 is 74.3 Å². The summed E-state index contributed by atoms with van der Waals surface area (Å²) in [6.45, 7) is 4.14. The molecule has 242 valence electrons. The lowest BCUT2D eigenvalue weighted by molar-refractivity contribution is -0.138. The second-order valence-corrected chi connectivity index (χ2v) is 11.5. The van der Waals surface area contributed by atoms with Gasteiger partial charge in [-0.1, -0.05) is 38.8 Å². The van der Waals surface area contributed by atoms with Gasteiger partial charge >= 0.3 is 13.7 Å². The van der Waals surface area contributed by atoms with Gasteiger partial charge in [-0.15, -0.1) is 0 Å². The molecule has 1 aromatic rings. The summed E-state index contributed by atoms with van der Waals surface area (Å²) in [4.78, 5) is 71.4. The average molecular weight is 630 g/mol. The van der Waals surface area contributed by atoms with Gasteiger partial charge in [0.05, 0.1) is 18.7 Å². The van der Waals surface area contributed by atoms with E-state index in [1.807, 2.05) is 0 Å². The number of ether oxygens (including phenoxy) is 1. The Bertz CT molecular complexity index is 1130. The Balaban J connectivity index is 2.98. The highest BCUT2D eigenvalue weighted by Crippen LogP contribution is 2.38. The molecule has 15 nitrogen and oxygen atoms in total. The van der Waals surface area contributed by atoms with Gasteiger partial charge in [-0.3, -0.25) is 28.5 Å². The summed E-state index contributed by atoms with van der Waals surface area (Å²) in [7, 11) is -4.33. The van der Waals surface area contributed by atoms with Crippen LogP contribution in [0.25, 0.3) is 0 Å². The van der Waals surface area contributed by atoms with E-state index in [0.717, 1.165) is 0 Å². The number of hydrogen-bond donors (Lipinski definition) is 7. The standard InChI is InChI=1S/C27H44N5O10P/c1-4-17(3)24(32-43(39,40)42-5-2)27(38)31-21(26(37)30-15-23(34)35)14-18-9-11-19(12-10-18)41-16-22(33)25(36)20(29)8-6-7-13-28/h9-12,17,20-21,24H,4-8,13-16,28-29H2,1-3H3,(H,30,37)(H,31,38)(H,34,35)(H2,32,39,40)/t17-,20-,21-,24-/m0/s1. The third kappa shape index (κ3) is 14.2. The van der Waals surface area contributed by atoms with E-state index in [1.54, 1.807) is 26.0 Å². The zero-order valence-electron chi connectivity index (χ0n) is 24.7. The zero-order chi connectivity index (χ0) is 32.6. The summed E-state index contributed by atoms with van der Waals surface area (Å²) in [5, 5.41) is 16.1. The highest BCUT2D eigenvalue weighted by molar-refractivity contribution is 7.50. The maximum atomic E-state index is 13.2. The molecule has 0 aliphatic heterocycles. The van der Waals surface area contributed by atoms with Crippen molar-refractivity contribution >= 4 is 37.1 Å². The molecular weight excluding hydrogens is 585 g/mol. The van der Waals surface area contributed by atoms with E-state index >= 15 is 0 Å². The number of Topliss-reactive ketones (excluding diaryl/α,β-unsaturated/α-hetero) is 2. The first-order chi connectivity index (χ1) is 20.2. The lowest BCUT2D eigenvalue weighted by Gasteiger charge is -2.27. The lowest BCUT2D eigenvalue weighted by Crippen LogP contribution is -2.55. The Hall–Kier alpha value is -3.20. The number of ketones is 2. The molecule has 1 aromatic carbocycles. The molecule has 16 heteroatoms.